The molecule has 0 aliphatic heterocycles. The monoisotopic (exact) mass is 293 g/mol. The van der Waals surface area contributed by atoms with Crippen molar-refractivity contribution < 1.29 is 4.74 Å². The number of rotatable bonds is 8. The van der Waals surface area contributed by atoms with Crippen molar-refractivity contribution in [1.82, 2.24) is 5.32 Å². The quantitative estimate of drug-likeness (QED) is 0.727. The van der Waals surface area contributed by atoms with E-state index in [1.807, 2.05) is 7.11 Å². The average Bonchev–Trinajstić information content (AvgIpc) is 2.46. The van der Waals surface area contributed by atoms with Gasteiger partial charge in [-0.3, -0.25) is 0 Å². The van der Waals surface area contributed by atoms with Gasteiger partial charge in [0, 0.05) is 19.8 Å². The van der Waals surface area contributed by atoms with Gasteiger partial charge in [0.05, 0.1) is 0 Å². The highest BCUT2D eigenvalue weighted by Crippen LogP contribution is 2.58. The van der Waals surface area contributed by atoms with Crippen LogP contribution in [0.4, 0.5) is 0 Å². The van der Waals surface area contributed by atoms with Gasteiger partial charge in [-0.1, -0.05) is 13.8 Å². The van der Waals surface area contributed by atoms with Crippen molar-refractivity contribution in [3.63, 3.8) is 0 Å². The van der Waals surface area contributed by atoms with Gasteiger partial charge < -0.3 is 10.1 Å². The van der Waals surface area contributed by atoms with Gasteiger partial charge in [-0.2, -0.15) is 0 Å². The summed E-state index contributed by atoms with van der Waals surface area (Å²) in [5.41, 5.74) is 0. The summed E-state index contributed by atoms with van der Waals surface area (Å²) in [4.78, 5) is 0. The molecule has 4 rings (SSSR count). The lowest BCUT2D eigenvalue weighted by atomic mass is 9.49. The highest BCUT2D eigenvalue weighted by Gasteiger charge is 2.50. The summed E-state index contributed by atoms with van der Waals surface area (Å²) in [5.74, 6) is 5.94. The fourth-order valence-corrected chi connectivity index (χ4v) is 6.06. The highest BCUT2D eigenvalue weighted by atomic mass is 16.5. The van der Waals surface area contributed by atoms with Gasteiger partial charge in [-0.25, -0.2) is 0 Å². The second kappa shape index (κ2) is 7.00. The minimum Gasteiger partial charge on any atom is -0.385 e. The van der Waals surface area contributed by atoms with Crippen molar-refractivity contribution in [3.8, 4) is 0 Å². The molecule has 2 unspecified atom stereocenters. The van der Waals surface area contributed by atoms with Crippen LogP contribution in [0.2, 0.25) is 0 Å². The normalized spacial score (nSPS) is 40.4. The Balaban J connectivity index is 1.69. The largest absolute Gasteiger partial charge is 0.385 e. The smallest absolute Gasteiger partial charge is 0.0465 e. The number of methoxy groups -OCH3 is 1. The molecule has 0 aromatic heterocycles. The summed E-state index contributed by atoms with van der Waals surface area (Å²) in [6, 6.07) is 0.732. The Labute approximate surface area is 131 Å². The molecule has 2 nitrogen and oxygen atoms in total. The third kappa shape index (κ3) is 3.32. The summed E-state index contributed by atoms with van der Waals surface area (Å²) in [7, 11) is 1.84. The molecule has 0 heterocycles. The van der Waals surface area contributed by atoms with Crippen LogP contribution in [0, 0.1) is 35.5 Å². The van der Waals surface area contributed by atoms with Crippen molar-refractivity contribution in [2.45, 2.75) is 64.8 Å². The molecule has 0 radical (unpaired) electrons. The van der Waals surface area contributed by atoms with E-state index < -0.39 is 0 Å². The molecular weight excluding hydrogens is 258 g/mol. The van der Waals surface area contributed by atoms with Crippen molar-refractivity contribution in [3.05, 3.63) is 0 Å². The maximum Gasteiger partial charge on any atom is 0.0465 e. The lowest BCUT2D eigenvalue weighted by molar-refractivity contribution is -0.0609. The standard InChI is InChI=1S/C19H35NO/c1-4-6-20-19(13(2)5-7-21-3)18-16-9-14-8-15(11-16)12-17(18)10-14/h13-20H,4-12H2,1-3H3. The van der Waals surface area contributed by atoms with Crippen molar-refractivity contribution in [1.29, 1.82) is 0 Å². The molecule has 21 heavy (non-hydrogen) atoms. The maximum absolute atomic E-state index is 5.34. The maximum atomic E-state index is 5.34. The molecule has 4 aliphatic rings. The zero-order valence-corrected chi connectivity index (χ0v) is 14.3. The van der Waals surface area contributed by atoms with Crippen molar-refractivity contribution in [2.75, 3.05) is 20.3 Å². The van der Waals surface area contributed by atoms with Crippen LogP contribution in [0.1, 0.15) is 58.8 Å². The summed E-state index contributed by atoms with van der Waals surface area (Å²) >= 11 is 0. The number of hydrogen-bond donors (Lipinski definition) is 1. The zero-order valence-electron chi connectivity index (χ0n) is 14.3. The molecule has 122 valence electrons. The topological polar surface area (TPSA) is 21.3 Å². The van der Waals surface area contributed by atoms with Gasteiger partial charge in [-0.15, -0.1) is 0 Å². The summed E-state index contributed by atoms with van der Waals surface area (Å²) in [6.45, 7) is 6.85. The van der Waals surface area contributed by atoms with Crippen LogP contribution < -0.4 is 5.32 Å². The third-order valence-electron chi connectivity index (χ3n) is 6.73. The summed E-state index contributed by atoms with van der Waals surface area (Å²) in [5, 5.41) is 3.95. The third-order valence-corrected chi connectivity index (χ3v) is 6.73. The minimum absolute atomic E-state index is 0.732. The molecule has 0 amide bonds. The molecule has 4 fully saturated rings. The van der Waals surface area contributed by atoms with Gasteiger partial charge >= 0.3 is 0 Å². The van der Waals surface area contributed by atoms with Crippen molar-refractivity contribution >= 4 is 0 Å². The van der Waals surface area contributed by atoms with E-state index in [9.17, 15) is 0 Å². The van der Waals surface area contributed by atoms with E-state index >= 15 is 0 Å². The van der Waals surface area contributed by atoms with Gasteiger partial charge in [0.2, 0.25) is 0 Å². The van der Waals surface area contributed by atoms with Gasteiger partial charge in [0.25, 0.3) is 0 Å². The van der Waals surface area contributed by atoms with Crippen LogP contribution >= 0.6 is 0 Å². The molecule has 1 N–H and O–H groups in total. The molecule has 0 aromatic rings. The molecular formula is C19H35NO. The van der Waals surface area contributed by atoms with E-state index in [4.69, 9.17) is 4.74 Å². The van der Waals surface area contributed by atoms with E-state index in [1.54, 1.807) is 32.1 Å². The molecule has 4 saturated carbocycles. The van der Waals surface area contributed by atoms with Gasteiger partial charge in [0.1, 0.15) is 0 Å². The van der Waals surface area contributed by atoms with E-state index in [-0.39, 0.29) is 0 Å². The number of ether oxygens (including phenoxy) is 1. The predicted octanol–water partition coefficient (Wildman–Crippen LogP) is 4.10. The average molecular weight is 293 g/mol. The Morgan fingerprint density at radius 3 is 2.19 bits per heavy atom. The van der Waals surface area contributed by atoms with Gasteiger partial charge in [0.15, 0.2) is 0 Å². The highest BCUT2D eigenvalue weighted by molar-refractivity contribution is 5.02. The lowest BCUT2D eigenvalue weighted by Crippen LogP contribution is -2.55. The van der Waals surface area contributed by atoms with Crippen molar-refractivity contribution in [2.24, 2.45) is 35.5 Å². The number of nitrogens with one attached hydrogen (secondary N) is 1. The number of hydrogen-bond acceptors (Lipinski definition) is 2. The molecule has 0 aromatic carbocycles. The first-order chi connectivity index (χ1) is 10.2. The van der Waals surface area contributed by atoms with E-state index in [0.29, 0.717) is 0 Å². The molecule has 4 aliphatic carbocycles. The Bertz CT molecular complexity index is 302. The van der Waals surface area contributed by atoms with Crippen LogP contribution in [0.3, 0.4) is 0 Å². The first-order valence-corrected chi connectivity index (χ1v) is 9.45. The minimum atomic E-state index is 0.732. The second-order valence-corrected chi connectivity index (χ2v) is 8.25. The fraction of sp³-hybridized carbons (Fsp3) is 1.00. The Morgan fingerprint density at radius 2 is 1.67 bits per heavy atom. The van der Waals surface area contributed by atoms with Crippen LogP contribution in [0.25, 0.3) is 0 Å². The molecule has 0 saturated heterocycles. The fourth-order valence-electron chi connectivity index (χ4n) is 6.06. The van der Waals surface area contributed by atoms with Crippen LogP contribution in [-0.2, 0) is 4.74 Å². The molecule has 4 bridgehead atoms. The first kappa shape index (κ1) is 15.8. The summed E-state index contributed by atoms with van der Waals surface area (Å²) < 4.78 is 5.34. The molecule has 2 atom stereocenters. The lowest BCUT2D eigenvalue weighted by Gasteiger charge is -2.57. The van der Waals surface area contributed by atoms with E-state index in [2.05, 4.69) is 19.2 Å². The van der Waals surface area contributed by atoms with E-state index in [0.717, 1.165) is 48.2 Å². The predicted molar refractivity (Wildman–Crippen MR) is 88.3 cm³/mol. The molecule has 0 spiro atoms. The summed E-state index contributed by atoms with van der Waals surface area (Å²) in [6.07, 6.45) is 10.2. The Hall–Kier alpha value is -0.0800. The zero-order chi connectivity index (χ0) is 14.8. The van der Waals surface area contributed by atoms with Crippen LogP contribution in [0.5, 0.6) is 0 Å². The van der Waals surface area contributed by atoms with Crippen LogP contribution in [0.15, 0.2) is 0 Å². The molecule has 2 heteroatoms. The SMILES string of the molecule is CCCNC(C(C)CCOC)C1C2CC3CC(C2)CC1C3. The first-order valence-electron chi connectivity index (χ1n) is 9.45. The Kier molecular flexibility index (Phi) is 5.27. The van der Waals surface area contributed by atoms with Gasteiger partial charge in [-0.05, 0) is 87.0 Å². The Morgan fingerprint density at radius 1 is 1.05 bits per heavy atom. The second-order valence-electron chi connectivity index (χ2n) is 8.25. The van der Waals surface area contributed by atoms with E-state index in [1.165, 1.54) is 19.4 Å². The van der Waals surface area contributed by atoms with Crippen LogP contribution in [-0.4, -0.2) is 26.3 Å².